The Hall–Kier alpha value is -1.95. The zero-order valence-corrected chi connectivity index (χ0v) is 14.2. The predicted molar refractivity (Wildman–Crippen MR) is 96.1 cm³/mol. The average Bonchev–Trinajstić information content (AvgIpc) is 3.10. The molecule has 3 nitrogen and oxygen atoms in total. The number of thiophene rings is 1. The fourth-order valence-corrected chi connectivity index (χ4v) is 5.08. The molecule has 0 aliphatic rings. The summed E-state index contributed by atoms with van der Waals surface area (Å²) >= 11 is 1.23. The van der Waals surface area contributed by atoms with E-state index >= 15 is 0 Å². The van der Waals surface area contributed by atoms with Crippen molar-refractivity contribution < 1.29 is 8.42 Å². The third-order valence-corrected chi connectivity index (χ3v) is 6.83. The van der Waals surface area contributed by atoms with Crippen LogP contribution in [0.1, 0.15) is 5.56 Å². The van der Waals surface area contributed by atoms with Crippen molar-refractivity contribution in [2.75, 3.05) is 6.54 Å². The molecule has 0 saturated heterocycles. The van der Waals surface area contributed by atoms with Crippen molar-refractivity contribution in [1.82, 2.24) is 4.31 Å². The van der Waals surface area contributed by atoms with Crippen molar-refractivity contribution >= 4 is 32.1 Å². The molecule has 1 heterocycles. The highest BCUT2D eigenvalue weighted by Crippen LogP contribution is 2.25. The van der Waals surface area contributed by atoms with E-state index in [-0.39, 0.29) is 6.54 Å². The maximum Gasteiger partial charge on any atom is 0.253 e. The minimum Gasteiger partial charge on any atom is -0.206 e. The lowest BCUT2D eigenvalue weighted by atomic mass is 10.0. The molecule has 0 aliphatic carbocycles. The van der Waals surface area contributed by atoms with Crippen molar-refractivity contribution in [3.05, 3.63) is 78.2 Å². The van der Waals surface area contributed by atoms with Crippen LogP contribution in [0.5, 0.6) is 0 Å². The van der Waals surface area contributed by atoms with E-state index in [2.05, 4.69) is 6.58 Å². The molecule has 0 aliphatic heterocycles. The first kappa shape index (κ1) is 15.9. The SMILES string of the molecule is C=CCN(Cc1cccc2ccccc12)S(=O)(=O)c1cccs1. The molecule has 1 aromatic heterocycles. The van der Waals surface area contributed by atoms with Gasteiger partial charge in [0.15, 0.2) is 0 Å². The van der Waals surface area contributed by atoms with Gasteiger partial charge in [-0.05, 0) is 27.8 Å². The fourth-order valence-electron chi connectivity index (χ4n) is 2.55. The van der Waals surface area contributed by atoms with E-state index in [9.17, 15) is 8.42 Å². The number of sulfonamides is 1. The van der Waals surface area contributed by atoms with Crippen LogP contribution in [-0.4, -0.2) is 19.3 Å². The molecule has 0 spiro atoms. The van der Waals surface area contributed by atoms with Crippen LogP contribution in [0.15, 0.2) is 76.8 Å². The Balaban J connectivity index is 2.01. The molecular weight excluding hydrogens is 326 g/mol. The Morgan fingerprint density at radius 1 is 1.04 bits per heavy atom. The van der Waals surface area contributed by atoms with Gasteiger partial charge < -0.3 is 0 Å². The van der Waals surface area contributed by atoms with Gasteiger partial charge in [-0.2, -0.15) is 4.31 Å². The molecule has 3 rings (SSSR count). The summed E-state index contributed by atoms with van der Waals surface area (Å²) in [6.07, 6.45) is 1.62. The number of hydrogen-bond donors (Lipinski definition) is 0. The molecule has 0 bridgehead atoms. The van der Waals surface area contributed by atoms with Crippen LogP contribution in [0.4, 0.5) is 0 Å². The van der Waals surface area contributed by atoms with Crippen LogP contribution in [0.2, 0.25) is 0 Å². The number of rotatable bonds is 6. The Bertz CT molecular complexity index is 910. The predicted octanol–water partition coefficient (Wildman–Crippen LogP) is 4.28. The second-order valence-electron chi connectivity index (χ2n) is 5.16. The van der Waals surface area contributed by atoms with E-state index in [1.165, 1.54) is 15.6 Å². The van der Waals surface area contributed by atoms with E-state index in [1.54, 1.807) is 23.6 Å². The lowest BCUT2D eigenvalue weighted by Gasteiger charge is -2.20. The van der Waals surface area contributed by atoms with E-state index in [1.807, 2.05) is 42.5 Å². The first-order valence-electron chi connectivity index (χ1n) is 7.24. The molecule has 3 aromatic rings. The van der Waals surface area contributed by atoms with Gasteiger partial charge in [0.2, 0.25) is 0 Å². The first-order valence-corrected chi connectivity index (χ1v) is 9.56. The number of hydrogen-bond acceptors (Lipinski definition) is 3. The summed E-state index contributed by atoms with van der Waals surface area (Å²) in [7, 11) is -3.51. The number of fused-ring (bicyclic) bond motifs is 1. The zero-order valence-electron chi connectivity index (χ0n) is 12.6. The second-order valence-corrected chi connectivity index (χ2v) is 8.27. The highest BCUT2D eigenvalue weighted by atomic mass is 32.2. The minimum absolute atomic E-state index is 0.281. The van der Waals surface area contributed by atoms with Crippen LogP contribution < -0.4 is 0 Å². The minimum atomic E-state index is -3.51. The second kappa shape index (κ2) is 6.66. The lowest BCUT2D eigenvalue weighted by molar-refractivity contribution is 0.441. The van der Waals surface area contributed by atoms with Gasteiger partial charge >= 0.3 is 0 Å². The van der Waals surface area contributed by atoms with Crippen molar-refractivity contribution in [2.24, 2.45) is 0 Å². The molecule has 2 aromatic carbocycles. The number of benzene rings is 2. The van der Waals surface area contributed by atoms with Gasteiger partial charge in [-0.15, -0.1) is 17.9 Å². The summed E-state index contributed by atoms with van der Waals surface area (Å²) in [6, 6.07) is 17.4. The maximum atomic E-state index is 12.8. The largest absolute Gasteiger partial charge is 0.253 e. The molecule has 0 radical (unpaired) electrons. The molecule has 5 heteroatoms. The van der Waals surface area contributed by atoms with E-state index in [4.69, 9.17) is 0 Å². The van der Waals surface area contributed by atoms with Gasteiger partial charge in [0.1, 0.15) is 4.21 Å². The highest BCUT2D eigenvalue weighted by molar-refractivity contribution is 7.91. The van der Waals surface area contributed by atoms with Gasteiger partial charge in [0.05, 0.1) is 0 Å². The van der Waals surface area contributed by atoms with Gasteiger partial charge in [0.25, 0.3) is 10.0 Å². The smallest absolute Gasteiger partial charge is 0.206 e. The summed E-state index contributed by atoms with van der Waals surface area (Å²) in [6.45, 7) is 4.30. The highest BCUT2D eigenvalue weighted by Gasteiger charge is 2.25. The van der Waals surface area contributed by atoms with Gasteiger partial charge in [-0.25, -0.2) is 8.42 Å². The molecule has 0 atom stereocenters. The van der Waals surface area contributed by atoms with Gasteiger partial charge in [-0.1, -0.05) is 54.6 Å². The van der Waals surface area contributed by atoms with Crippen LogP contribution in [-0.2, 0) is 16.6 Å². The normalized spacial score (nSPS) is 11.9. The molecule has 0 N–H and O–H groups in total. The van der Waals surface area contributed by atoms with Crippen molar-refractivity contribution in [1.29, 1.82) is 0 Å². The molecule has 0 saturated carbocycles. The van der Waals surface area contributed by atoms with Crippen LogP contribution in [0.3, 0.4) is 0 Å². The molecule has 0 fully saturated rings. The van der Waals surface area contributed by atoms with Crippen molar-refractivity contribution in [3.8, 4) is 0 Å². The van der Waals surface area contributed by atoms with Gasteiger partial charge in [0, 0.05) is 13.1 Å². The van der Waals surface area contributed by atoms with E-state index in [0.29, 0.717) is 10.8 Å². The van der Waals surface area contributed by atoms with E-state index in [0.717, 1.165) is 16.3 Å². The Morgan fingerprint density at radius 2 is 1.83 bits per heavy atom. The summed E-state index contributed by atoms with van der Waals surface area (Å²) in [5.41, 5.74) is 0.991. The standard InChI is InChI=1S/C18H17NO2S2/c1-2-12-19(23(20,21)18-11-6-13-22-18)14-16-9-5-8-15-7-3-4-10-17(15)16/h2-11,13H,1,12,14H2. The third-order valence-electron chi connectivity index (χ3n) is 3.65. The Morgan fingerprint density at radius 3 is 2.57 bits per heavy atom. The zero-order chi connectivity index (χ0) is 16.3. The summed E-state index contributed by atoms with van der Waals surface area (Å²) < 4.78 is 27.5. The fraction of sp³-hybridized carbons (Fsp3) is 0.111. The quantitative estimate of drug-likeness (QED) is 0.627. The average molecular weight is 343 g/mol. The Kier molecular flexibility index (Phi) is 4.61. The molecule has 0 amide bonds. The number of nitrogens with zero attached hydrogens (tertiary/aromatic N) is 1. The maximum absolute atomic E-state index is 12.8. The molecular formula is C18H17NO2S2. The summed E-state index contributed by atoms with van der Waals surface area (Å²) in [4.78, 5) is 0. The van der Waals surface area contributed by atoms with Gasteiger partial charge in [-0.3, -0.25) is 0 Å². The first-order chi connectivity index (χ1) is 11.1. The molecule has 118 valence electrons. The van der Waals surface area contributed by atoms with Crippen LogP contribution in [0.25, 0.3) is 10.8 Å². The monoisotopic (exact) mass is 343 g/mol. The van der Waals surface area contributed by atoms with Crippen molar-refractivity contribution in [2.45, 2.75) is 10.8 Å². The Labute approximate surface area is 140 Å². The topological polar surface area (TPSA) is 37.4 Å². The summed E-state index contributed by atoms with van der Waals surface area (Å²) in [5, 5.41) is 3.96. The third kappa shape index (κ3) is 3.22. The molecule has 0 unspecified atom stereocenters. The van der Waals surface area contributed by atoms with Crippen molar-refractivity contribution in [3.63, 3.8) is 0 Å². The van der Waals surface area contributed by atoms with Crippen LogP contribution >= 0.6 is 11.3 Å². The summed E-state index contributed by atoms with van der Waals surface area (Å²) in [5.74, 6) is 0. The van der Waals surface area contributed by atoms with E-state index < -0.39 is 10.0 Å². The van der Waals surface area contributed by atoms with Crippen LogP contribution in [0, 0.1) is 0 Å². The molecule has 23 heavy (non-hydrogen) atoms. The lowest BCUT2D eigenvalue weighted by Crippen LogP contribution is -2.30.